The molecule has 6 aromatic rings. The molecule has 3 aromatic carbocycles. The molecule has 11 heteroatoms. The molecule has 41 heavy (non-hydrogen) atoms. The predicted molar refractivity (Wildman–Crippen MR) is 146 cm³/mol. The van der Waals surface area contributed by atoms with Crippen LogP contribution in [0.2, 0.25) is 0 Å². The van der Waals surface area contributed by atoms with Gasteiger partial charge in [0.2, 0.25) is 0 Å². The molecule has 0 aliphatic rings. The van der Waals surface area contributed by atoms with E-state index in [1.165, 1.54) is 53.4 Å². The van der Waals surface area contributed by atoms with Crippen LogP contribution in [0.5, 0.6) is 11.5 Å². The number of nitrogens with one attached hydrogen (secondary N) is 2. The summed E-state index contributed by atoms with van der Waals surface area (Å²) in [5.74, 6) is -1.90. The molecule has 0 spiro atoms. The zero-order valence-corrected chi connectivity index (χ0v) is 20.9. The van der Waals surface area contributed by atoms with Crippen molar-refractivity contribution < 1.29 is 22.7 Å². The highest BCUT2D eigenvalue weighted by atomic mass is 19.2. The number of aromatic amines is 1. The maximum Gasteiger partial charge on any atom is 0.267 e. The average Bonchev–Trinajstić information content (AvgIpc) is 3.42. The maximum absolute atomic E-state index is 13.7. The monoisotopic (exact) mass is 553 g/mol. The van der Waals surface area contributed by atoms with Crippen molar-refractivity contribution in [3.05, 3.63) is 131 Å². The first-order valence-corrected chi connectivity index (χ1v) is 12.2. The number of anilines is 1. The Labute approximate surface area is 229 Å². The Morgan fingerprint density at radius 2 is 1.68 bits per heavy atom. The van der Waals surface area contributed by atoms with E-state index in [1.807, 2.05) is 0 Å². The lowest BCUT2D eigenvalue weighted by atomic mass is 10.2. The molecule has 1 amide bonds. The topological polar surface area (TPSA) is 102 Å². The second-order valence-corrected chi connectivity index (χ2v) is 8.88. The summed E-state index contributed by atoms with van der Waals surface area (Å²) < 4.78 is 47.5. The molecule has 0 aliphatic carbocycles. The second kappa shape index (κ2) is 10.5. The van der Waals surface area contributed by atoms with Gasteiger partial charge in [0.15, 0.2) is 23.0 Å². The van der Waals surface area contributed by atoms with Crippen LogP contribution in [0.15, 0.2) is 102 Å². The number of rotatable bonds is 6. The number of pyridine rings is 2. The highest BCUT2D eigenvalue weighted by Crippen LogP contribution is 2.30. The van der Waals surface area contributed by atoms with Gasteiger partial charge in [-0.2, -0.15) is 0 Å². The summed E-state index contributed by atoms with van der Waals surface area (Å²) in [7, 11) is 0. The minimum Gasteiger partial charge on any atom is -0.455 e. The Bertz CT molecular complexity index is 1970. The zero-order chi connectivity index (χ0) is 28.5. The Morgan fingerprint density at radius 3 is 2.44 bits per heavy atom. The molecule has 202 valence electrons. The van der Waals surface area contributed by atoms with E-state index in [9.17, 15) is 22.8 Å². The van der Waals surface area contributed by atoms with Gasteiger partial charge in [-0.15, -0.1) is 0 Å². The van der Waals surface area contributed by atoms with Crippen molar-refractivity contribution in [1.82, 2.24) is 19.5 Å². The average molecular weight is 554 g/mol. The largest absolute Gasteiger partial charge is 0.455 e. The molecular weight excluding hydrogens is 535 g/mol. The number of amides is 1. The minimum absolute atomic E-state index is 0.0904. The van der Waals surface area contributed by atoms with Gasteiger partial charge in [-0.05, 0) is 78.9 Å². The Balaban J connectivity index is 1.19. The van der Waals surface area contributed by atoms with Crippen LogP contribution in [-0.2, 0) is 0 Å². The molecule has 0 saturated heterocycles. The van der Waals surface area contributed by atoms with Crippen molar-refractivity contribution in [3.63, 3.8) is 0 Å². The fourth-order valence-corrected chi connectivity index (χ4v) is 4.16. The molecule has 0 unspecified atom stereocenters. The summed E-state index contributed by atoms with van der Waals surface area (Å²) >= 11 is 0. The molecule has 2 N–H and O–H groups in total. The normalized spacial score (nSPS) is 11.0. The van der Waals surface area contributed by atoms with E-state index in [2.05, 4.69) is 20.3 Å². The molecule has 0 saturated carbocycles. The first kappa shape index (κ1) is 25.6. The van der Waals surface area contributed by atoms with Crippen molar-refractivity contribution >= 4 is 22.8 Å². The van der Waals surface area contributed by atoms with Gasteiger partial charge in [-0.25, -0.2) is 23.1 Å². The summed E-state index contributed by atoms with van der Waals surface area (Å²) in [6.45, 7) is 0. The van der Waals surface area contributed by atoms with Crippen LogP contribution < -0.4 is 15.6 Å². The number of fused-ring (bicyclic) bond motifs is 1. The molecule has 0 aliphatic heterocycles. The molecular formula is C30H18F3N5O3. The van der Waals surface area contributed by atoms with E-state index in [0.717, 1.165) is 12.1 Å². The molecule has 8 nitrogen and oxygen atoms in total. The molecule has 3 aromatic heterocycles. The second-order valence-electron chi connectivity index (χ2n) is 8.88. The van der Waals surface area contributed by atoms with Crippen LogP contribution in [-0.4, -0.2) is 25.4 Å². The lowest BCUT2D eigenvalue weighted by molar-refractivity contribution is 0.102. The third-order valence-corrected chi connectivity index (χ3v) is 6.18. The highest BCUT2D eigenvalue weighted by molar-refractivity contribution is 6.04. The van der Waals surface area contributed by atoms with Gasteiger partial charge in [-0.1, -0.05) is 0 Å². The summed E-state index contributed by atoms with van der Waals surface area (Å²) in [6, 6.07) is 19.8. The predicted octanol–water partition coefficient (Wildman–Crippen LogP) is 6.24. The number of halogens is 3. The van der Waals surface area contributed by atoms with Gasteiger partial charge in [0, 0.05) is 35.4 Å². The summed E-state index contributed by atoms with van der Waals surface area (Å²) in [5.41, 5.74) is 1.31. The van der Waals surface area contributed by atoms with Crippen LogP contribution in [0.3, 0.4) is 0 Å². The van der Waals surface area contributed by atoms with E-state index in [1.54, 1.807) is 36.4 Å². The molecule has 6 rings (SSSR count). The zero-order valence-electron chi connectivity index (χ0n) is 20.9. The Kier molecular flexibility index (Phi) is 6.52. The number of imidazole rings is 1. The smallest absolute Gasteiger partial charge is 0.267 e. The SMILES string of the molecule is O=C(Nc1ccc(Oc2ccnc3nc(-c4ccc(F)c(F)c4)[nH]c23)cc1)c1cccn(-c2ccc(F)cc2)c1=O. The van der Waals surface area contributed by atoms with E-state index in [4.69, 9.17) is 4.74 Å². The number of hydrogen-bond donors (Lipinski definition) is 2. The molecule has 0 fully saturated rings. The molecule has 3 heterocycles. The number of ether oxygens (including phenoxy) is 1. The van der Waals surface area contributed by atoms with Gasteiger partial charge in [0.05, 0.1) is 0 Å². The van der Waals surface area contributed by atoms with Crippen molar-refractivity contribution in [2.24, 2.45) is 0 Å². The lowest BCUT2D eigenvalue weighted by Crippen LogP contribution is -2.27. The highest BCUT2D eigenvalue weighted by Gasteiger charge is 2.15. The van der Waals surface area contributed by atoms with Gasteiger partial charge >= 0.3 is 0 Å². The van der Waals surface area contributed by atoms with Crippen LogP contribution in [0.1, 0.15) is 10.4 Å². The summed E-state index contributed by atoms with van der Waals surface area (Å²) in [5, 5.41) is 2.69. The molecule has 0 bridgehead atoms. The van der Waals surface area contributed by atoms with Crippen LogP contribution in [0.4, 0.5) is 18.9 Å². The number of carbonyl (C=O) groups excluding carboxylic acids is 1. The summed E-state index contributed by atoms with van der Waals surface area (Å²) in [6.07, 6.45) is 3.00. The van der Waals surface area contributed by atoms with E-state index >= 15 is 0 Å². The van der Waals surface area contributed by atoms with Crippen molar-refractivity contribution in [2.45, 2.75) is 0 Å². The standard InChI is InChI=1S/C30H18F3N5O3/c31-18-4-8-20(9-5-18)38-15-1-2-22(30(38)40)29(39)35-19-6-10-21(11-7-19)41-25-13-14-34-28-26(25)36-27(37-28)17-3-12-23(32)24(33)16-17/h1-16H,(H,35,39)(H,34,36,37). The van der Waals surface area contributed by atoms with Crippen LogP contribution in [0, 0.1) is 17.5 Å². The number of H-pyrrole nitrogens is 1. The fraction of sp³-hybridized carbons (Fsp3) is 0. The fourth-order valence-electron chi connectivity index (χ4n) is 4.16. The maximum atomic E-state index is 13.7. The van der Waals surface area contributed by atoms with E-state index < -0.39 is 28.9 Å². The van der Waals surface area contributed by atoms with Gasteiger partial charge < -0.3 is 15.0 Å². The third kappa shape index (κ3) is 5.15. The van der Waals surface area contributed by atoms with E-state index in [-0.39, 0.29) is 5.56 Å². The van der Waals surface area contributed by atoms with Crippen molar-refractivity contribution in [3.8, 4) is 28.6 Å². The minimum atomic E-state index is -0.995. The lowest BCUT2D eigenvalue weighted by Gasteiger charge is -2.10. The quantitative estimate of drug-likeness (QED) is 0.254. The van der Waals surface area contributed by atoms with Crippen LogP contribution in [0.25, 0.3) is 28.2 Å². The Hall–Kier alpha value is -5.71. The first-order chi connectivity index (χ1) is 19.9. The van der Waals surface area contributed by atoms with Crippen LogP contribution >= 0.6 is 0 Å². The Morgan fingerprint density at radius 1 is 0.902 bits per heavy atom. The molecule has 0 atom stereocenters. The van der Waals surface area contributed by atoms with Crippen molar-refractivity contribution in [2.75, 3.05) is 5.32 Å². The molecule has 0 radical (unpaired) electrons. The summed E-state index contributed by atoms with van der Waals surface area (Å²) in [4.78, 5) is 37.4. The van der Waals surface area contributed by atoms with E-state index in [0.29, 0.717) is 45.4 Å². The van der Waals surface area contributed by atoms with Gasteiger partial charge in [0.25, 0.3) is 11.5 Å². The number of nitrogens with zero attached hydrogens (tertiary/aromatic N) is 3. The number of aromatic nitrogens is 4. The number of hydrogen-bond acceptors (Lipinski definition) is 5. The third-order valence-electron chi connectivity index (χ3n) is 6.18. The van der Waals surface area contributed by atoms with Gasteiger partial charge in [-0.3, -0.25) is 14.2 Å². The number of benzene rings is 3. The first-order valence-electron chi connectivity index (χ1n) is 12.2. The van der Waals surface area contributed by atoms with Crippen molar-refractivity contribution in [1.29, 1.82) is 0 Å². The van der Waals surface area contributed by atoms with Gasteiger partial charge in [0.1, 0.15) is 28.5 Å². The number of carbonyl (C=O) groups is 1.